The third kappa shape index (κ3) is 3.63. The van der Waals surface area contributed by atoms with E-state index in [2.05, 4.69) is 15.9 Å². The number of benzene rings is 2. The number of para-hydroxylation sites is 1. The fraction of sp³-hybridized carbons (Fsp3) is 0.294. The topological polar surface area (TPSA) is 29.5 Å². The molecule has 2 aromatic rings. The number of aliphatic hydroxyl groups excluding tert-OH is 1. The van der Waals surface area contributed by atoms with Gasteiger partial charge in [-0.2, -0.15) is 0 Å². The Bertz CT molecular complexity index is 639. The van der Waals surface area contributed by atoms with Crippen LogP contribution >= 0.6 is 15.9 Å². The molecule has 2 aromatic carbocycles. The molecule has 2 nitrogen and oxygen atoms in total. The largest absolute Gasteiger partial charge is 0.454 e. The second kappa shape index (κ2) is 6.58. The van der Waals surface area contributed by atoms with Gasteiger partial charge in [-0.15, -0.1) is 0 Å². The van der Waals surface area contributed by atoms with E-state index in [1.807, 2.05) is 26.0 Å². The van der Waals surface area contributed by atoms with Crippen molar-refractivity contribution in [1.82, 2.24) is 0 Å². The fourth-order valence-corrected chi connectivity index (χ4v) is 2.51. The molecule has 0 aliphatic carbocycles. The lowest BCUT2D eigenvalue weighted by Gasteiger charge is -2.18. The highest BCUT2D eigenvalue weighted by molar-refractivity contribution is 9.10. The van der Waals surface area contributed by atoms with Crippen molar-refractivity contribution in [2.24, 2.45) is 0 Å². The number of halogens is 2. The van der Waals surface area contributed by atoms with E-state index in [0.717, 1.165) is 10.0 Å². The highest BCUT2D eigenvalue weighted by atomic mass is 79.9. The van der Waals surface area contributed by atoms with E-state index >= 15 is 0 Å². The number of rotatable bonds is 4. The van der Waals surface area contributed by atoms with Crippen LogP contribution in [0.25, 0.3) is 0 Å². The van der Waals surface area contributed by atoms with E-state index in [-0.39, 0.29) is 11.7 Å². The molecule has 2 rings (SSSR count). The fourth-order valence-electron chi connectivity index (χ4n) is 2.14. The van der Waals surface area contributed by atoms with Gasteiger partial charge in [-0.05, 0) is 42.7 Å². The maximum Gasteiger partial charge on any atom is 0.168 e. The molecular weight excluding hydrogens is 335 g/mol. The van der Waals surface area contributed by atoms with Crippen LogP contribution in [0.1, 0.15) is 43.9 Å². The van der Waals surface area contributed by atoms with Crippen LogP contribution in [0, 0.1) is 5.82 Å². The smallest absolute Gasteiger partial charge is 0.168 e. The van der Waals surface area contributed by atoms with E-state index in [4.69, 9.17) is 4.74 Å². The quantitative estimate of drug-likeness (QED) is 0.780. The molecule has 0 bridgehead atoms. The van der Waals surface area contributed by atoms with Crippen molar-refractivity contribution in [1.29, 1.82) is 0 Å². The second-order valence-electron chi connectivity index (χ2n) is 5.27. The van der Waals surface area contributed by atoms with E-state index in [0.29, 0.717) is 11.3 Å². The molecule has 0 saturated carbocycles. The van der Waals surface area contributed by atoms with Gasteiger partial charge in [0.05, 0.1) is 6.10 Å². The van der Waals surface area contributed by atoms with Crippen LogP contribution in [0.2, 0.25) is 0 Å². The minimum atomic E-state index is -0.798. The molecule has 21 heavy (non-hydrogen) atoms. The predicted octanol–water partition coefficient (Wildman–Crippen LogP) is 5.56. The van der Waals surface area contributed by atoms with E-state index in [1.165, 1.54) is 6.07 Å². The molecule has 1 atom stereocenters. The molecule has 0 heterocycles. The van der Waals surface area contributed by atoms with Crippen molar-refractivity contribution in [3.8, 4) is 11.5 Å². The highest BCUT2D eigenvalue weighted by Crippen LogP contribution is 2.37. The molecule has 0 fully saturated rings. The third-order valence-corrected chi connectivity index (χ3v) is 3.75. The maximum absolute atomic E-state index is 14.1. The summed E-state index contributed by atoms with van der Waals surface area (Å²) in [5.74, 6) is 0.433. The monoisotopic (exact) mass is 352 g/mol. The molecular formula is C17H18BrFO2. The molecule has 0 saturated heterocycles. The SMILES string of the molecule is CC(C)c1cc(Br)ccc1Oc1c(F)cccc1C(C)O. The summed E-state index contributed by atoms with van der Waals surface area (Å²) < 4.78 is 20.8. The van der Waals surface area contributed by atoms with Gasteiger partial charge in [0.2, 0.25) is 0 Å². The van der Waals surface area contributed by atoms with Gasteiger partial charge in [0.25, 0.3) is 0 Å². The summed E-state index contributed by atoms with van der Waals surface area (Å²) in [5.41, 5.74) is 1.41. The Morgan fingerprint density at radius 1 is 1.10 bits per heavy atom. The zero-order valence-electron chi connectivity index (χ0n) is 12.2. The molecule has 0 spiro atoms. The standard InChI is InChI=1S/C17H18BrFO2/c1-10(2)14-9-12(18)7-8-16(14)21-17-13(11(3)20)5-4-6-15(17)19/h4-11,20H,1-3H3. The van der Waals surface area contributed by atoms with Gasteiger partial charge >= 0.3 is 0 Å². The zero-order chi connectivity index (χ0) is 15.6. The molecule has 4 heteroatoms. The lowest BCUT2D eigenvalue weighted by atomic mass is 10.0. The second-order valence-corrected chi connectivity index (χ2v) is 6.19. The zero-order valence-corrected chi connectivity index (χ0v) is 13.8. The van der Waals surface area contributed by atoms with Gasteiger partial charge in [0.15, 0.2) is 11.6 Å². The first-order chi connectivity index (χ1) is 9.90. The van der Waals surface area contributed by atoms with Crippen LogP contribution < -0.4 is 4.74 Å². The first-order valence-electron chi connectivity index (χ1n) is 6.84. The third-order valence-electron chi connectivity index (χ3n) is 3.25. The maximum atomic E-state index is 14.1. The Hall–Kier alpha value is -1.39. The summed E-state index contributed by atoms with van der Waals surface area (Å²) in [4.78, 5) is 0. The van der Waals surface area contributed by atoms with Gasteiger partial charge in [0.1, 0.15) is 5.75 Å². The number of hydrogen-bond acceptors (Lipinski definition) is 2. The molecule has 1 unspecified atom stereocenters. The van der Waals surface area contributed by atoms with Crippen LogP contribution in [0.4, 0.5) is 4.39 Å². The van der Waals surface area contributed by atoms with E-state index in [9.17, 15) is 9.50 Å². The van der Waals surface area contributed by atoms with Gasteiger partial charge in [-0.1, -0.05) is 41.9 Å². The van der Waals surface area contributed by atoms with E-state index < -0.39 is 11.9 Å². The Balaban J connectivity index is 2.48. The van der Waals surface area contributed by atoms with Crippen LogP contribution in [0.5, 0.6) is 11.5 Å². The van der Waals surface area contributed by atoms with Crippen molar-refractivity contribution in [2.45, 2.75) is 32.8 Å². The minimum absolute atomic E-state index is 0.0803. The molecule has 112 valence electrons. The average molecular weight is 353 g/mol. The Morgan fingerprint density at radius 2 is 1.81 bits per heavy atom. The number of aliphatic hydroxyl groups is 1. The molecule has 0 aromatic heterocycles. The summed E-state index contributed by atoms with van der Waals surface area (Å²) in [7, 11) is 0. The Kier molecular flexibility index (Phi) is 5.01. The first-order valence-corrected chi connectivity index (χ1v) is 7.63. The Morgan fingerprint density at radius 3 is 2.43 bits per heavy atom. The van der Waals surface area contributed by atoms with Crippen molar-refractivity contribution in [3.63, 3.8) is 0 Å². The average Bonchev–Trinajstić information content (AvgIpc) is 2.42. The highest BCUT2D eigenvalue weighted by Gasteiger charge is 2.17. The molecule has 0 aliphatic heterocycles. The normalized spacial score (nSPS) is 12.5. The summed E-state index contributed by atoms with van der Waals surface area (Å²) in [5, 5.41) is 9.78. The molecule has 1 N–H and O–H groups in total. The molecule has 0 aliphatic rings. The van der Waals surface area contributed by atoms with Gasteiger partial charge < -0.3 is 9.84 Å². The molecule has 0 amide bonds. The lowest BCUT2D eigenvalue weighted by molar-refractivity contribution is 0.194. The Labute approximate surface area is 132 Å². The summed E-state index contributed by atoms with van der Waals surface area (Å²) >= 11 is 3.43. The van der Waals surface area contributed by atoms with E-state index in [1.54, 1.807) is 25.1 Å². The summed E-state index contributed by atoms with van der Waals surface area (Å²) in [6.45, 7) is 5.68. The number of ether oxygens (including phenoxy) is 1. The van der Waals surface area contributed by atoms with Crippen LogP contribution in [-0.4, -0.2) is 5.11 Å². The summed E-state index contributed by atoms with van der Waals surface area (Å²) in [6, 6.07) is 10.2. The van der Waals surface area contributed by atoms with Crippen molar-refractivity contribution >= 4 is 15.9 Å². The summed E-state index contributed by atoms with van der Waals surface area (Å²) in [6.07, 6.45) is -0.798. The van der Waals surface area contributed by atoms with Gasteiger partial charge in [0, 0.05) is 10.0 Å². The molecule has 0 radical (unpaired) electrons. The lowest BCUT2D eigenvalue weighted by Crippen LogP contribution is -2.01. The number of hydrogen-bond donors (Lipinski definition) is 1. The van der Waals surface area contributed by atoms with Crippen LogP contribution in [0.15, 0.2) is 40.9 Å². The van der Waals surface area contributed by atoms with Crippen molar-refractivity contribution in [3.05, 3.63) is 57.8 Å². The van der Waals surface area contributed by atoms with Crippen molar-refractivity contribution < 1.29 is 14.2 Å². The minimum Gasteiger partial charge on any atom is -0.454 e. The predicted molar refractivity (Wildman–Crippen MR) is 85.3 cm³/mol. The van der Waals surface area contributed by atoms with Crippen LogP contribution in [-0.2, 0) is 0 Å². The van der Waals surface area contributed by atoms with Gasteiger partial charge in [-0.25, -0.2) is 4.39 Å². The first kappa shape index (κ1) is 16.0. The van der Waals surface area contributed by atoms with Gasteiger partial charge in [-0.3, -0.25) is 0 Å². The van der Waals surface area contributed by atoms with Crippen LogP contribution in [0.3, 0.4) is 0 Å². The van der Waals surface area contributed by atoms with Crippen molar-refractivity contribution in [2.75, 3.05) is 0 Å².